The lowest BCUT2D eigenvalue weighted by Crippen LogP contribution is -2.23. The third-order valence-electron chi connectivity index (χ3n) is 2.86. The Labute approximate surface area is 117 Å². The SMILES string of the molecule is CCCNC(c1ccccc1Cl)c1scnc1C. The Morgan fingerprint density at radius 3 is 2.78 bits per heavy atom. The minimum absolute atomic E-state index is 0.145. The topological polar surface area (TPSA) is 24.9 Å². The quantitative estimate of drug-likeness (QED) is 0.888. The van der Waals surface area contributed by atoms with Crippen LogP contribution in [0, 0.1) is 6.92 Å². The van der Waals surface area contributed by atoms with E-state index in [0.29, 0.717) is 0 Å². The molecule has 0 fully saturated rings. The molecule has 0 amide bonds. The standard InChI is InChI=1S/C14H17ClN2S/c1-3-8-16-13(14-10(2)17-9-18-14)11-6-4-5-7-12(11)15/h4-7,9,13,16H,3,8H2,1-2H3. The van der Waals surface area contributed by atoms with Gasteiger partial charge in [0.25, 0.3) is 0 Å². The minimum Gasteiger partial charge on any atom is -0.305 e. The van der Waals surface area contributed by atoms with Gasteiger partial charge in [-0.15, -0.1) is 11.3 Å². The van der Waals surface area contributed by atoms with Crippen molar-refractivity contribution in [2.45, 2.75) is 26.3 Å². The molecule has 0 saturated carbocycles. The molecule has 1 aromatic carbocycles. The molecule has 1 aromatic heterocycles. The van der Waals surface area contributed by atoms with Gasteiger partial charge in [-0.25, -0.2) is 4.98 Å². The molecule has 2 nitrogen and oxygen atoms in total. The van der Waals surface area contributed by atoms with Gasteiger partial charge in [-0.05, 0) is 31.5 Å². The Morgan fingerprint density at radius 1 is 1.39 bits per heavy atom. The molecule has 0 aliphatic heterocycles. The fourth-order valence-corrected chi connectivity index (χ4v) is 3.07. The number of benzene rings is 1. The van der Waals surface area contributed by atoms with Gasteiger partial charge in [-0.3, -0.25) is 0 Å². The van der Waals surface area contributed by atoms with E-state index in [1.807, 2.05) is 30.6 Å². The van der Waals surface area contributed by atoms with Gasteiger partial charge in [0.05, 0.1) is 17.2 Å². The van der Waals surface area contributed by atoms with Gasteiger partial charge in [0.1, 0.15) is 0 Å². The highest BCUT2D eigenvalue weighted by atomic mass is 35.5. The largest absolute Gasteiger partial charge is 0.305 e. The average Bonchev–Trinajstić information content (AvgIpc) is 2.78. The first-order valence-corrected chi connectivity index (χ1v) is 7.37. The Morgan fingerprint density at radius 2 is 2.17 bits per heavy atom. The predicted octanol–water partition coefficient (Wildman–Crippen LogP) is 4.19. The van der Waals surface area contributed by atoms with Crippen molar-refractivity contribution in [1.82, 2.24) is 10.3 Å². The summed E-state index contributed by atoms with van der Waals surface area (Å²) in [6.07, 6.45) is 1.10. The number of aromatic nitrogens is 1. The number of rotatable bonds is 5. The third-order valence-corrected chi connectivity index (χ3v) is 4.20. The van der Waals surface area contributed by atoms with Gasteiger partial charge in [0.15, 0.2) is 0 Å². The molecule has 4 heteroatoms. The van der Waals surface area contributed by atoms with Crippen LogP contribution in [0.3, 0.4) is 0 Å². The smallest absolute Gasteiger partial charge is 0.0798 e. The van der Waals surface area contributed by atoms with Gasteiger partial charge in [0, 0.05) is 9.90 Å². The van der Waals surface area contributed by atoms with Crippen molar-refractivity contribution in [3.8, 4) is 0 Å². The third kappa shape index (κ3) is 2.91. The van der Waals surface area contributed by atoms with Crippen molar-refractivity contribution >= 4 is 22.9 Å². The second kappa shape index (κ2) is 6.32. The number of halogens is 1. The van der Waals surface area contributed by atoms with Crippen molar-refractivity contribution < 1.29 is 0 Å². The molecule has 2 rings (SSSR count). The summed E-state index contributed by atoms with van der Waals surface area (Å²) in [5.41, 5.74) is 4.09. The van der Waals surface area contributed by atoms with Crippen LogP contribution in [0.1, 0.15) is 35.5 Å². The van der Waals surface area contributed by atoms with Crippen molar-refractivity contribution in [1.29, 1.82) is 0 Å². The lowest BCUT2D eigenvalue weighted by molar-refractivity contribution is 0.603. The molecular formula is C14H17ClN2S. The predicted molar refractivity (Wildman–Crippen MR) is 78.4 cm³/mol. The number of nitrogens with zero attached hydrogens (tertiary/aromatic N) is 1. The second-order valence-electron chi connectivity index (χ2n) is 4.21. The molecule has 0 radical (unpaired) electrons. The van der Waals surface area contributed by atoms with E-state index < -0.39 is 0 Å². The Balaban J connectivity index is 2.37. The molecule has 1 heterocycles. The monoisotopic (exact) mass is 280 g/mol. The number of aryl methyl sites for hydroxylation is 1. The highest BCUT2D eigenvalue weighted by Crippen LogP contribution is 2.32. The molecular weight excluding hydrogens is 264 g/mol. The molecule has 2 aromatic rings. The van der Waals surface area contributed by atoms with E-state index in [4.69, 9.17) is 11.6 Å². The lowest BCUT2D eigenvalue weighted by Gasteiger charge is -2.19. The van der Waals surface area contributed by atoms with E-state index in [1.165, 1.54) is 4.88 Å². The number of hydrogen-bond donors (Lipinski definition) is 1. The van der Waals surface area contributed by atoms with Crippen LogP contribution in [0.2, 0.25) is 5.02 Å². The van der Waals surface area contributed by atoms with Crippen LogP contribution in [-0.2, 0) is 0 Å². The van der Waals surface area contributed by atoms with Crippen molar-refractivity contribution in [2.24, 2.45) is 0 Å². The summed E-state index contributed by atoms with van der Waals surface area (Å²) in [6.45, 7) is 5.17. The zero-order valence-electron chi connectivity index (χ0n) is 10.6. The highest BCUT2D eigenvalue weighted by molar-refractivity contribution is 7.09. The van der Waals surface area contributed by atoms with E-state index >= 15 is 0 Å². The highest BCUT2D eigenvalue weighted by Gasteiger charge is 2.19. The Hall–Kier alpha value is -0.900. The van der Waals surface area contributed by atoms with Crippen molar-refractivity contribution in [2.75, 3.05) is 6.54 Å². The Bertz CT molecular complexity index is 510. The van der Waals surface area contributed by atoms with E-state index in [-0.39, 0.29) is 6.04 Å². The summed E-state index contributed by atoms with van der Waals surface area (Å²) in [5, 5.41) is 4.36. The van der Waals surface area contributed by atoms with Gasteiger partial charge in [-0.2, -0.15) is 0 Å². The van der Waals surface area contributed by atoms with Crippen LogP contribution in [0.25, 0.3) is 0 Å². The molecule has 0 spiro atoms. The molecule has 0 saturated heterocycles. The Kier molecular flexibility index (Phi) is 4.75. The summed E-state index contributed by atoms with van der Waals surface area (Å²) in [4.78, 5) is 5.58. The van der Waals surface area contributed by atoms with E-state index in [1.54, 1.807) is 11.3 Å². The second-order valence-corrected chi connectivity index (χ2v) is 5.50. The summed E-state index contributed by atoms with van der Waals surface area (Å²) in [7, 11) is 0. The van der Waals surface area contributed by atoms with Crippen LogP contribution in [0.15, 0.2) is 29.8 Å². The maximum Gasteiger partial charge on any atom is 0.0798 e. The molecule has 0 aliphatic rings. The van der Waals surface area contributed by atoms with Gasteiger partial charge < -0.3 is 5.32 Å². The number of thiazole rings is 1. The normalized spacial score (nSPS) is 12.6. The summed E-state index contributed by atoms with van der Waals surface area (Å²) in [5.74, 6) is 0. The van der Waals surface area contributed by atoms with Crippen molar-refractivity contribution in [3.63, 3.8) is 0 Å². The van der Waals surface area contributed by atoms with Crippen LogP contribution < -0.4 is 5.32 Å². The van der Waals surface area contributed by atoms with Gasteiger partial charge in [0.2, 0.25) is 0 Å². The van der Waals surface area contributed by atoms with E-state index in [2.05, 4.69) is 23.3 Å². The molecule has 1 unspecified atom stereocenters. The molecule has 18 heavy (non-hydrogen) atoms. The lowest BCUT2D eigenvalue weighted by atomic mass is 10.0. The summed E-state index contributed by atoms with van der Waals surface area (Å²) in [6, 6.07) is 8.15. The maximum absolute atomic E-state index is 6.31. The first-order chi connectivity index (χ1) is 8.74. The fourth-order valence-electron chi connectivity index (χ4n) is 1.93. The van der Waals surface area contributed by atoms with Crippen molar-refractivity contribution in [3.05, 3.63) is 50.9 Å². The first kappa shape index (κ1) is 13.5. The summed E-state index contributed by atoms with van der Waals surface area (Å²) < 4.78 is 0. The fraction of sp³-hybridized carbons (Fsp3) is 0.357. The maximum atomic E-state index is 6.31. The number of hydrogen-bond acceptors (Lipinski definition) is 3. The zero-order valence-corrected chi connectivity index (χ0v) is 12.2. The first-order valence-electron chi connectivity index (χ1n) is 6.11. The summed E-state index contributed by atoms with van der Waals surface area (Å²) >= 11 is 7.99. The van der Waals surface area contributed by atoms with E-state index in [0.717, 1.165) is 29.2 Å². The van der Waals surface area contributed by atoms with Crippen LogP contribution in [-0.4, -0.2) is 11.5 Å². The molecule has 1 atom stereocenters. The average molecular weight is 281 g/mol. The van der Waals surface area contributed by atoms with Gasteiger partial charge >= 0.3 is 0 Å². The molecule has 0 bridgehead atoms. The van der Waals surface area contributed by atoms with Crippen LogP contribution in [0.4, 0.5) is 0 Å². The minimum atomic E-state index is 0.145. The number of nitrogens with one attached hydrogen (secondary N) is 1. The van der Waals surface area contributed by atoms with Crippen LogP contribution >= 0.6 is 22.9 Å². The van der Waals surface area contributed by atoms with Gasteiger partial charge in [-0.1, -0.05) is 36.7 Å². The van der Waals surface area contributed by atoms with Crippen LogP contribution in [0.5, 0.6) is 0 Å². The molecule has 0 aliphatic carbocycles. The molecule has 96 valence electrons. The van der Waals surface area contributed by atoms with E-state index in [9.17, 15) is 0 Å². The molecule has 1 N–H and O–H groups in total. The zero-order chi connectivity index (χ0) is 13.0.